The molecular weight excluding hydrogens is 266 g/mol. The lowest BCUT2D eigenvalue weighted by Crippen LogP contribution is -2.33. The van der Waals surface area contributed by atoms with E-state index in [0.717, 1.165) is 18.9 Å². The van der Waals surface area contributed by atoms with Gasteiger partial charge in [0.25, 0.3) is 0 Å². The summed E-state index contributed by atoms with van der Waals surface area (Å²) < 4.78 is 1.98. The lowest BCUT2D eigenvalue weighted by molar-refractivity contribution is -0.122. The highest BCUT2D eigenvalue weighted by atomic mass is 16.1. The second-order valence-electron chi connectivity index (χ2n) is 6.29. The molecule has 1 fully saturated rings. The van der Waals surface area contributed by atoms with Gasteiger partial charge in [-0.3, -0.25) is 4.79 Å². The molecule has 0 bridgehead atoms. The minimum absolute atomic E-state index is 0.110. The third kappa shape index (κ3) is 4.52. The quantitative estimate of drug-likeness (QED) is 0.834. The van der Waals surface area contributed by atoms with Gasteiger partial charge in [0.15, 0.2) is 5.82 Å². The molecule has 21 heavy (non-hydrogen) atoms. The zero-order valence-electron chi connectivity index (χ0n) is 13.3. The Morgan fingerprint density at radius 2 is 2.14 bits per heavy atom. The van der Waals surface area contributed by atoms with Crippen LogP contribution in [0.25, 0.3) is 0 Å². The maximum atomic E-state index is 12.1. The molecule has 0 aromatic carbocycles. The van der Waals surface area contributed by atoms with E-state index in [1.807, 2.05) is 4.57 Å². The summed E-state index contributed by atoms with van der Waals surface area (Å²) in [5, 5.41) is 14.3. The van der Waals surface area contributed by atoms with E-state index in [4.69, 9.17) is 0 Å². The first-order chi connectivity index (χ1) is 10.1. The van der Waals surface area contributed by atoms with E-state index in [0.29, 0.717) is 30.8 Å². The highest BCUT2D eigenvalue weighted by Gasteiger charge is 2.22. The van der Waals surface area contributed by atoms with Crippen molar-refractivity contribution in [2.45, 2.75) is 52.6 Å². The zero-order chi connectivity index (χ0) is 15.2. The zero-order valence-corrected chi connectivity index (χ0v) is 13.3. The molecule has 1 saturated heterocycles. The van der Waals surface area contributed by atoms with Crippen molar-refractivity contribution in [3.8, 4) is 0 Å². The number of aromatic nitrogens is 3. The van der Waals surface area contributed by atoms with E-state index in [1.54, 1.807) is 6.33 Å². The fourth-order valence-electron chi connectivity index (χ4n) is 2.95. The molecule has 1 aromatic heterocycles. The molecule has 118 valence electrons. The summed E-state index contributed by atoms with van der Waals surface area (Å²) in [7, 11) is 0. The number of carbonyl (C=O) groups is 1. The van der Waals surface area contributed by atoms with Gasteiger partial charge in [0.1, 0.15) is 6.33 Å². The summed E-state index contributed by atoms with van der Waals surface area (Å²) >= 11 is 0. The molecule has 1 aliphatic heterocycles. The Balaban J connectivity index is 1.77. The lowest BCUT2D eigenvalue weighted by Gasteiger charge is -2.27. The van der Waals surface area contributed by atoms with Crippen molar-refractivity contribution in [1.82, 2.24) is 25.4 Å². The second kappa shape index (κ2) is 7.54. The first-order valence-corrected chi connectivity index (χ1v) is 7.93. The van der Waals surface area contributed by atoms with Crippen LogP contribution in [0.15, 0.2) is 6.33 Å². The van der Waals surface area contributed by atoms with Crippen molar-refractivity contribution in [2.75, 3.05) is 13.1 Å². The summed E-state index contributed by atoms with van der Waals surface area (Å²) in [5.74, 6) is 2.03. The van der Waals surface area contributed by atoms with Gasteiger partial charge in [-0.1, -0.05) is 6.92 Å². The van der Waals surface area contributed by atoms with Crippen LogP contribution in [0.2, 0.25) is 0 Å². The molecule has 2 rings (SSSR count). The fourth-order valence-corrected chi connectivity index (χ4v) is 2.95. The van der Waals surface area contributed by atoms with Gasteiger partial charge in [-0.15, -0.1) is 10.2 Å². The van der Waals surface area contributed by atoms with Crippen molar-refractivity contribution in [3.63, 3.8) is 0 Å². The molecule has 1 aromatic rings. The highest BCUT2D eigenvalue weighted by molar-refractivity contribution is 5.76. The lowest BCUT2D eigenvalue weighted by atomic mass is 9.84. The van der Waals surface area contributed by atoms with Crippen molar-refractivity contribution < 1.29 is 4.79 Å². The Morgan fingerprint density at radius 3 is 2.81 bits per heavy atom. The first-order valence-electron chi connectivity index (χ1n) is 7.93. The number of piperidine rings is 1. The average molecular weight is 293 g/mol. The SMILES string of the molecule is CC(CC(=O)NCc1nncn1C(C)C)C1CCNCC1. The number of rotatable bonds is 6. The molecule has 0 radical (unpaired) electrons. The van der Waals surface area contributed by atoms with Crippen molar-refractivity contribution in [3.05, 3.63) is 12.2 Å². The standard InChI is InChI=1S/C15H27N5O/c1-11(2)20-10-18-19-14(20)9-17-15(21)8-12(3)13-4-6-16-7-5-13/h10-13,16H,4-9H2,1-3H3,(H,17,21). The van der Waals surface area contributed by atoms with Gasteiger partial charge in [0.05, 0.1) is 6.54 Å². The Morgan fingerprint density at radius 1 is 1.43 bits per heavy atom. The van der Waals surface area contributed by atoms with Crippen LogP contribution in [-0.4, -0.2) is 33.8 Å². The van der Waals surface area contributed by atoms with Gasteiger partial charge in [-0.05, 0) is 51.6 Å². The topological polar surface area (TPSA) is 71.8 Å². The molecule has 1 aliphatic rings. The molecule has 1 atom stereocenters. The maximum Gasteiger partial charge on any atom is 0.220 e. The molecule has 0 aliphatic carbocycles. The molecule has 6 nitrogen and oxygen atoms in total. The van der Waals surface area contributed by atoms with Gasteiger partial charge >= 0.3 is 0 Å². The van der Waals surface area contributed by atoms with Gasteiger partial charge < -0.3 is 15.2 Å². The number of nitrogens with zero attached hydrogens (tertiary/aromatic N) is 3. The van der Waals surface area contributed by atoms with Gasteiger partial charge in [-0.25, -0.2) is 0 Å². The Labute approximate surface area is 126 Å². The van der Waals surface area contributed by atoms with Crippen LogP contribution in [0, 0.1) is 11.8 Å². The number of carbonyl (C=O) groups excluding carboxylic acids is 1. The number of amides is 1. The molecule has 6 heteroatoms. The van der Waals surface area contributed by atoms with Crippen LogP contribution in [0.5, 0.6) is 0 Å². The van der Waals surface area contributed by atoms with Crippen molar-refractivity contribution in [1.29, 1.82) is 0 Å². The van der Waals surface area contributed by atoms with Gasteiger partial charge in [0.2, 0.25) is 5.91 Å². The third-order valence-electron chi connectivity index (χ3n) is 4.34. The molecule has 0 saturated carbocycles. The molecule has 1 unspecified atom stereocenters. The summed E-state index contributed by atoms with van der Waals surface area (Å²) in [6, 6.07) is 0.306. The van der Waals surface area contributed by atoms with E-state index in [9.17, 15) is 4.79 Å². The molecule has 2 heterocycles. The van der Waals surface area contributed by atoms with E-state index >= 15 is 0 Å². The van der Waals surface area contributed by atoms with Crippen LogP contribution in [-0.2, 0) is 11.3 Å². The summed E-state index contributed by atoms with van der Waals surface area (Å²) in [6.07, 6.45) is 4.66. The Hall–Kier alpha value is -1.43. The first kappa shape index (κ1) is 15.9. The molecule has 0 spiro atoms. The Bertz CT molecular complexity index is 451. The number of nitrogens with one attached hydrogen (secondary N) is 2. The number of hydrogen-bond donors (Lipinski definition) is 2. The molecular formula is C15H27N5O. The maximum absolute atomic E-state index is 12.1. The van der Waals surface area contributed by atoms with E-state index in [2.05, 4.69) is 41.6 Å². The smallest absolute Gasteiger partial charge is 0.220 e. The molecule has 2 N–H and O–H groups in total. The van der Waals surface area contributed by atoms with Crippen LogP contribution in [0.3, 0.4) is 0 Å². The predicted molar refractivity (Wildman–Crippen MR) is 81.6 cm³/mol. The van der Waals surface area contributed by atoms with Gasteiger partial charge in [0, 0.05) is 12.5 Å². The van der Waals surface area contributed by atoms with Crippen LogP contribution in [0.4, 0.5) is 0 Å². The minimum Gasteiger partial charge on any atom is -0.349 e. The minimum atomic E-state index is 0.110. The largest absolute Gasteiger partial charge is 0.349 e. The van der Waals surface area contributed by atoms with E-state index in [-0.39, 0.29) is 5.91 Å². The molecule has 1 amide bonds. The normalized spacial score (nSPS) is 17.9. The summed E-state index contributed by atoms with van der Waals surface area (Å²) in [4.78, 5) is 12.1. The number of hydrogen-bond acceptors (Lipinski definition) is 4. The van der Waals surface area contributed by atoms with Crippen molar-refractivity contribution in [2.24, 2.45) is 11.8 Å². The van der Waals surface area contributed by atoms with Gasteiger partial charge in [-0.2, -0.15) is 0 Å². The third-order valence-corrected chi connectivity index (χ3v) is 4.34. The highest BCUT2D eigenvalue weighted by Crippen LogP contribution is 2.24. The fraction of sp³-hybridized carbons (Fsp3) is 0.800. The van der Waals surface area contributed by atoms with Crippen LogP contribution < -0.4 is 10.6 Å². The van der Waals surface area contributed by atoms with Crippen molar-refractivity contribution >= 4 is 5.91 Å². The predicted octanol–water partition coefficient (Wildman–Crippen LogP) is 1.50. The summed E-state index contributed by atoms with van der Waals surface area (Å²) in [5.41, 5.74) is 0. The Kier molecular flexibility index (Phi) is 5.73. The summed E-state index contributed by atoms with van der Waals surface area (Å²) in [6.45, 7) is 8.95. The van der Waals surface area contributed by atoms with E-state index in [1.165, 1.54) is 12.8 Å². The van der Waals surface area contributed by atoms with E-state index < -0.39 is 0 Å². The van der Waals surface area contributed by atoms with Crippen LogP contribution >= 0.6 is 0 Å². The van der Waals surface area contributed by atoms with Crippen LogP contribution in [0.1, 0.15) is 51.9 Å². The second-order valence-corrected chi connectivity index (χ2v) is 6.29. The monoisotopic (exact) mass is 293 g/mol. The average Bonchev–Trinajstić information content (AvgIpc) is 2.94.